The van der Waals surface area contributed by atoms with Gasteiger partial charge in [-0.15, -0.1) is 0 Å². The first-order chi connectivity index (χ1) is 13.1. The molecule has 4 rings (SSSR count). The van der Waals surface area contributed by atoms with Gasteiger partial charge in [0.25, 0.3) is 0 Å². The fourth-order valence-corrected chi connectivity index (χ4v) is 3.95. The highest BCUT2D eigenvalue weighted by Gasteiger charge is 2.21. The summed E-state index contributed by atoms with van der Waals surface area (Å²) >= 11 is 0. The second-order valence-corrected chi connectivity index (χ2v) is 6.91. The van der Waals surface area contributed by atoms with Crippen molar-refractivity contribution in [2.24, 2.45) is 5.92 Å². The highest BCUT2D eigenvalue weighted by atomic mass is 16.4. The molecule has 0 bridgehead atoms. The van der Waals surface area contributed by atoms with E-state index in [-0.39, 0.29) is 0 Å². The number of hydrogen-bond acceptors (Lipinski definition) is 3. The van der Waals surface area contributed by atoms with Crippen LogP contribution in [-0.2, 0) is 11.2 Å². The van der Waals surface area contributed by atoms with E-state index < -0.39 is 11.9 Å². The summed E-state index contributed by atoms with van der Waals surface area (Å²) < 4.78 is 0. The number of nitriles is 2. The lowest BCUT2D eigenvalue weighted by molar-refractivity contribution is -0.141. The summed E-state index contributed by atoms with van der Waals surface area (Å²) in [6.07, 6.45) is 0.859. The van der Waals surface area contributed by atoms with Crippen LogP contribution in [0.15, 0.2) is 42.5 Å². The van der Waals surface area contributed by atoms with Crippen molar-refractivity contribution in [1.29, 1.82) is 10.5 Å². The van der Waals surface area contributed by atoms with Crippen LogP contribution in [0.4, 0.5) is 0 Å². The quantitative estimate of drug-likeness (QED) is 0.525. The van der Waals surface area contributed by atoms with Gasteiger partial charge in [-0.05, 0) is 45.3 Å². The number of carboxylic acid groups (broad SMARTS) is 1. The van der Waals surface area contributed by atoms with Crippen LogP contribution in [0.2, 0.25) is 0 Å². The van der Waals surface area contributed by atoms with Crippen LogP contribution in [0.5, 0.6) is 0 Å². The largest absolute Gasteiger partial charge is 0.481 e. The summed E-state index contributed by atoms with van der Waals surface area (Å²) in [5, 5.41) is 34.7. The Bertz CT molecular complexity index is 1280. The van der Waals surface area contributed by atoms with E-state index in [0.29, 0.717) is 24.0 Å². The van der Waals surface area contributed by atoms with Crippen LogP contribution < -0.4 is 0 Å². The molecule has 0 amide bonds. The predicted molar refractivity (Wildman–Crippen MR) is 105 cm³/mol. The van der Waals surface area contributed by atoms with Crippen LogP contribution in [0, 0.1) is 28.6 Å². The van der Waals surface area contributed by atoms with Gasteiger partial charge in [-0.3, -0.25) is 4.79 Å². The third-order valence-corrected chi connectivity index (χ3v) is 5.40. The van der Waals surface area contributed by atoms with E-state index in [1.54, 1.807) is 6.92 Å². The van der Waals surface area contributed by atoms with Gasteiger partial charge >= 0.3 is 5.97 Å². The maximum Gasteiger partial charge on any atom is 0.306 e. The minimum absolute atomic E-state index is 0.362. The summed E-state index contributed by atoms with van der Waals surface area (Å²) in [7, 11) is 0. The van der Waals surface area contributed by atoms with E-state index in [2.05, 4.69) is 12.1 Å². The fraction of sp³-hybridized carbons (Fsp3) is 0.174. The van der Waals surface area contributed by atoms with E-state index >= 15 is 0 Å². The number of aryl methyl sites for hydroxylation is 1. The molecule has 0 aliphatic carbocycles. The van der Waals surface area contributed by atoms with Crippen LogP contribution in [0.1, 0.15) is 30.0 Å². The first-order valence-corrected chi connectivity index (χ1v) is 8.82. The maximum atomic E-state index is 11.2. The Morgan fingerprint density at radius 3 is 2.19 bits per heavy atom. The fourth-order valence-electron chi connectivity index (χ4n) is 3.95. The smallest absolute Gasteiger partial charge is 0.306 e. The van der Waals surface area contributed by atoms with Gasteiger partial charge in [0.2, 0.25) is 0 Å². The van der Waals surface area contributed by atoms with Crippen molar-refractivity contribution in [3.8, 4) is 12.1 Å². The molecule has 0 saturated carbocycles. The molecule has 0 fully saturated rings. The second-order valence-electron chi connectivity index (χ2n) is 6.91. The van der Waals surface area contributed by atoms with Gasteiger partial charge in [0.1, 0.15) is 12.1 Å². The lowest BCUT2D eigenvalue weighted by atomic mass is 9.84. The van der Waals surface area contributed by atoms with E-state index in [9.17, 15) is 20.4 Å². The summed E-state index contributed by atoms with van der Waals surface area (Å²) in [6.45, 7) is 1.66. The Balaban J connectivity index is 2.11. The SMILES string of the molecule is CC(CCc1c(C#N)c(C#N)c2ccc3cccc4ccc1c2c34)C(=O)O. The van der Waals surface area contributed by atoms with Crippen molar-refractivity contribution < 1.29 is 9.90 Å². The Morgan fingerprint density at radius 2 is 1.59 bits per heavy atom. The molecule has 0 aliphatic rings. The topological polar surface area (TPSA) is 84.9 Å². The third-order valence-electron chi connectivity index (χ3n) is 5.40. The first kappa shape index (κ1) is 16.8. The average molecular weight is 352 g/mol. The molecule has 4 nitrogen and oxygen atoms in total. The molecule has 0 heterocycles. The van der Waals surface area contributed by atoms with Gasteiger partial charge in [-0.1, -0.05) is 49.4 Å². The van der Waals surface area contributed by atoms with Crippen LogP contribution in [0.25, 0.3) is 32.3 Å². The highest BCUT2D eigenvalue weighted by molar-refractivity contribution is 6.25. The summed E-state index contributed by atoms with van der Waals surface area (Å²) in [5.41, 5.74) is 1.51. The Hall–Kier alpha value is -3.63. The molecule has 130 valence electrons. The van der Waals surface area contributed by atoms with Crippen LogP contribution >= 0.6 is 0 Å². The van der Waals surface area contributed by atoms with Crippen LogP contribution in [-0.4, -0.2) is 11.1 Å². The predicted octanol–water partition coefficient (Wildman–Crippen LogP) is 4.98. The van der Waals surface area contributed by atoms with Gasteiger partial charge < -0.3 is 5.11 Å². The van der Waals surface area contributed by atoms with Crippen molar-refractivity contribution in [1.82, 2.24) is 0 Å². The van der Waals surface area contributed by atoms with E-state index in [0.717, 1.165) is 37.9 Å². The van der Waals surface area contributed by atoms with Crippen molar-refractivity contribution in [3.63, 3.8) is 0 Å². The molecule has 4 aromatic rings. The molecule has 0 aliphatic heterocycles. The van der Waals surface area contributed by atoms with Gasteiger partial charge in [-0.2, -0.15) is 10.5 Å². The molecule has 4 aromatic carbocycles. The molecule has 27 heavy (non-hydrogen) atoms. The molecule has 0 spiro atoms. The summed E-state index contributed by atoms with van der Waals surface area (Å²) in [5.74, 6) is -1.37. The lowest BCUT2D eigenvalue weighted by Gasteiger charge is -2.17. The number of nitrogens with zero attached hydrogens (tertiary/aromatic N) is 2. The van der Waals surface area contributed by atoms with Crippen molar-refractivity contribution in [3.05, 3.63) is 59.2 Å². The molecular weight excluding hydrogens is 336 g/mol. The Morgan fingerprint density at radius 1 is 0.963 bits per heavy atom. The van der Waals surface area contributed by atoms with Gasteiger partial charge in [0.05, 0.1) is 17.0 Å². The normalized spacial score (nSPS) is 12.3. The minimum atomic E-state index is -0.855. The molecule has 1 N–H and O–H groups in total. The van der Waals surface area contributed by atoms with Crippen molar-refractivity contribution in [2.45, 2.75) is 19.8 Å². The Kier molecular flexibility index (Phi) is 3.90. The molecule has 1 atom stereocenters. The maximum absolute atomic E-state index is 11.2. The average Bonchev–Trinajstić information content (AvgIpc) is 2.69. The zero-order valence-electron chi connectivity index (χ0n) is 14.8. The number of carbonyl (C=O) groups is 1. The molecule has 4 heteroatoms. The zero-order chi connectivity index (χ0) is 19.1. The van der Waals surface area contributed by atoms with Gasteiger partial charge in [0.15, 0.2) is 0 Å². The summed E-state index contributed by atoms with van der Waals surface area (Å²) in [6, 6.07) is 18.4. The lowest BCUT2D eigenvalue weighted by Crippen LogP contribution is -2.11. The second kappa shape index (κ2) is 6.27. The van der Waals surface area contributed by atoms with Crippen LogP contribution in [0.3, 0.4) is 0 Å². The van der Waals surface area contributed by atoms with E-state index in [4.69, 9.17) is 0 Å². The molecule has 1 unspecified atom stereocenters. The molecular formula is C23H16N2O2. The number of hydrogen-bond donors (Lipinski definition) is 1. The zero-order valence-corrected chi connectivity index (χ0v) is 14.8. The van der Waals surface area contributed by atoms with Crippen molar-refractivity contribution in [2.75, 3.05) is 0 Å². The summed E-state index contributed by atoms with van der Waals surface area (Å²) in [4.78, 5) is 11.2. The molecule has 0 radical (unpaired) electrons. The standard InChI is InChI=1S/C23H16N2O2/c1-13(23(26)27)5-8-16-17-9-6-14-3-2-4-15-7-10-18(22(17)21(14)15)20(12-25)19(16)11-24/h2-4,6-7,9-10,13H,5,8H2,1H3,(H,26,27). The molecule has 0 aromatic heterocycles. The number of aliphatic carboxylic acids is 1. The van der Waals surface area contributed by atoms with E-state index in [1.165, 1.54) is 0 Å². The van der Waals surface area contributed by atoms with Gasteiger partial charge in [0, 0.05) is 5.39 Å². The monoisotopic (exact) mass is 352 g/mol. The number of rotatable bonds is 4. The number of benzene rings is 4. The third kappa shape index (κ3) is 2.46. The Labute approximate surface area is 156 Å². The molecule has 0 saturated heterocycles. The van der Waals surface area contributed by atoms with Crippen molar-refractivity contribution >= 4 is 38.3 Å². The number of carboxylic acids is 1. The first-order valence-electron chi connectivity index (χ1n) is 8.82. The minimum Gasteiger partial charge on any atom is -0.481 e. The van der Waals surface area contributed by atoms with E-state index in [1.807, 2.05) is 42.5 Å². The highest BCUT2D eigenvalue weighted by Crippen LogP contribution is 2.40. The van der Waals surface area contributed by atoms with Gasteiger partial charge in [-0.25, -0.2) is 0 Å².